The van der Waals surface area contributed by atoms with Crippen molar-refractivity contribution in [1.29, 1.82) is 0 Å². The third-order valence-electron chi connectivity index (χ3n) is 4.75. The number of benzene rings is 1. The van der Waals surface area contributed by atoms with Gasteiger partial charge in [0.05, 0.1) is 0 Å². The minimum absolute atomic E-state index is 0.475. The van der Waals surface area contributed by atoms with Crippen molar-refractivity contribution in [2.75, 3.05) is 26.2 Å². The van der Waals surface area contributed by atoms with Gasteiger partial charge >= 0.3 is 0 Å². The number of rotatable bonds is 2. The molecule has 19 heavy (non-hydrogen) atoms. The van der Waals surface area contributed by atoms with Gasteiger partial charge in [0.25, 0.3) is 0 Å². The molecule has 1 aromatic carbocycles. The molecule has 2 aliphatic rings. The van der Waals surface area contributed by atoms with Crippen LogP contribution in [-0.2, 0) is 0 Å². The lowest BCUT2D eigenvalue weighted by Gasteiger charge is -2.46. The molecule has 0 amide bonds. The van der Waals surface area contributed by atoms with E-state index in [2.05, 4.69) is 34.9 Å². The molecular weight excluding hydrogens is 256 g/mol. The molecule has 2 aliphatic heterocycles. The van der Waals surface area contributed by atoms with Gasteiger partial charge in [0.2, 0.25) is 0 Å². The highest BCUT2D eigenvalue weighted by atomic mass is 35.5. The summed E-state index contributed by atoms with van der Waals surface area (Å²) < 4.78 is 0. The number of piperidine rings is 1. The van der Waals surface area contributed by atoms with E-state index in [9.17, 15) is 0 Å². The van der Waals surface area contributed by atoms with E-state index in [1.807, 2.05) is 6.07 Å². The van der Waals surface area contributed by atoms with Crippen LogP contribution in [0, 0.1) is 0 Å². The minimum atomic E-state index is 0.475. The van der Waals surface area contributed by atoms with E-state index >= 15 is 0 Å². The number of fused-ring (bicyclic) bond motifs is 1. The van der Waals surface area contributed by atoms with Crippen LogP contribution < -0.4 is 0 Å². The van der Waals surface area contributed by atoms with E-state index in [0.717, 1.165) is 11.1 Å². The zero-order valence-electron chi connectivity index (χ0n) is 11.7. The molecule has 104 valence electrons. The van der Waals surface area contributed by atoms with Crippen molar-refractivity contribution < 1.29 is 0 Å². The van der Waals surface area contributed by atoms with Crippen LogP contribution in [0.2, 0.25) is 5.02 Å². The van der Waals surface area contributed by atoms with Gasteiger partial charge in [-0.15, -0.1) is 0 Å². The number of nitrogens with zero attached hydrogens (tertiary/aromatic N) is 2. The summed E-state index contributed by atoms with van der Waals surface area (Å²) in [7, 11) is 0. The molecule has 0 radical (unpaired) electrons. The molecule has 0 aliphatic carbocycles. The standard InChI is InChI=1S/C16H23ClN2/c1-13(14-5-4-6-15(17)11-14)19-10-9-18-8-3-2-7-16(18)12-19/h4-6,11,13,16H,2-3,7-10,12H2,1H3/t13-,16-/m1/s1. The highest BCUT2D eigenvalue weighted by Gasteiger charge is 2.31. The van der Waals surface area contributed by atoms with Crippen molar-refractivity contribution in [1.82, 2.24) is 9.80 Å². The van der Waals surface area contributed by atoms with E-state index in [0.29, 0.717) is 6.04 Å². The smallest absolute Gasteiger partial charge is 0.0409 e. The lowest BCUT2D eigenvalue weighted by molar-refractivity contribution is 0.0307. The second kappa shape index (κ2) is 5.82. The molecule has 0 bridgehead atoms. The molecule has 0 aromatic heterocycles. The number of hydrogen-bond acceptors (Lipinski definition) is 2. The molecular formula is C16H23ClN2. The van der Waals surface area contributed by atoms with Crippen LogP contribution in [0.15, 0.2) is 24.3 Å². The lowest BCUT2D eigenvalue weighted by Crippen LogP contribution is -2.55. The van der Waals surface area contributed by atoms with E-state index in [-0.39, 0.29) is 0 Å². The SMILES string of the molecule is C[C@H](c1cccc(Cl)c1)N1CCN2CCCC[C@@H]2C1. The fourth-order valence-corrected chi connectivity index (χ4v) is 3.71. The molecule has 0 unspecified atom stereocenters. The first kappa shape index (κ1) is 13.4. The van der Waals surface area contributed by atoms with Crippen molar-refractivity contribution in [2.45, 2.75) is 38.3 Å². The van der Waals surface area contributed by atoms with Crippen molar-refractivity contribution in [3.8, 4) is 0 Å². The summed E-state index contributed by atoms with van der Waals surface area (Å²) in [4.78, 5) is 5.31. The Morgan fingerprint density at radius 3 is 2.95 bits per heavy atom. The van der Waals surface area contributed by atoms with Crippen LogP contribution in [0.4, 0.5) is 0 Å². The van der Waals surface area contributed by atoms with Crippen molar-refractivity contribution >= 4 is 11.6 Å². The fourth-order valence-electron chi connectivity index (χ4n) is 3.51. The van der Waals surface area contributed by atoms with Crippen molar-refractivity contribution in [2.24, 2.45) is 0 Å². The maximum absolute atomic E-state index is 6.11. The molecule has 3 heteroatoms. The topological polar surface area (TPSA) is 6.48 Å². The highest BCUT2D eigenvalue weighted by Crippen LogP contribution is 2.28. The molecule has 2 nitrogen and oxygen atoms in total. The fraction of sp³-hybridized carbons (Fsp3) is 0.625. The third-order valence-corrected chi connectivity index (χ3v) is 4.98. The van der Waals surface area contributed by atoms with Gasteiger partial charge in [0, 0.05) is 36.7 Å². The molecule has 2 atom stereocenters. The van der Waals surface area contributed by atoms with Crippen LogP contribution in [0.3, 0.4) is 0 Å². The average Bonchev–Trinajstić information content (AvgIpc) is 2.46. The van der Waals surface area contributed by atoms with Gasteiger partial charge in [-0.3, -0.25) is 9.80 Å². The molecule has 1 aromatic rings. The van der Waals surface area contributed by atoms with E-state index in [4.69, 9.17) is 11.6 Å². The van der Waals surface area contributed by atoms with Gasteiger partial charge in [0.1, 0.15) is 0 Å². The Bertz CT molecular complexity index is 435. The lowest BCUT2D eigenvalue weighted by atomic mass is 9.97. The maximum Gasteiger partial charge on any atom is 0.0409 e. The zero-order valence-corrected chi connectivity index (χ0v) is 12.4. The number of hydrogen-bond donors (Lipinski definition) is 0. The summed E-state index contributed by atoms with van der Waals surface area (Å²) in [6.07, 6.45) is 4.17. The van der Waals surface area contributed by atoms with Crippen LogP contribution >= 0.6 is 11.6 Å². The Labute approximate surface area is 121 Å². The monoisotopic (exact) mass is 278 g/mol. The van der Waals surface area contributed by atoms with Gasteiger partial charge < -0.3 is 0 Å². The molecule has 0 spiro atoms. The highest BCUT2D eigenvalue weighted by molar-refractivity contribution is 6.30. The maximum atomic E-state index is 6.11. The van der Waals surface area contributed by atoms with Gasteiger partial charge in [0.15, 0.2) is 0 Å². The second-order valence-corrected chi connectivity index (χ2v) is 6.35. The summed E-state index contributed by atoms with van der Waals surface area (Å²) in [5.74, 6) is 0. The summed E-state index contributed by atoms with van der Waals surface area (Å²) >= 11 is 6.11. The van der Waals surface area contributed by atoms with Crippen LogP contribution in [0.1, 0.15) is 37.8 Å². The normalized spacial score (nSPS) is 26.9. The Kier molecular flexibility index (Phi) is 4.11. The first-order valence-corrected chi connectivity index (χ1v) is 7.85. The summed E-state index contributed by atoms with van der Waals surface area (Å²) in [5, 5.41) is 0.848. The molecule has 3 rings (SSSR count). The first-order valence-electron chi connectivity index (χ1n) is 7.47. The summed E-state index contributed by atoms with van der Waals surface area (Å²) in [6, 6.07) is 9.58. The quantitative estimate of drug-likeness (QED) is 0.816. The molecule has 2 heterocycles. The largest absolute Gasteiger partial charge is 0.298 e. The van der Waals surface area contributed by atoms with Crippen LogP contribution in [0.5, 0.6) is 0 Å². The molecule has 2 saturated heterocycles. The Morgan fingerprint density at radius 2 is 2.11 bits per heavy atom. The van der Waals surface area contributed by atoms with Gasteiger partial charge in [-0.2, -0.15) is 0 Å². The Balaban J connectivity index is 1.69. The van der Waals surface area contributed by atoms with Crippen molar-refractivity contribution in [3.05, 3.63) is 34.9 Å². The van der Waals surface area contributed by atoms with Crippen LogP contribution in [-0.4, -0.2) is 42.0 Å². The van der Waals surface area contributed by atoms with Crippen molar-refractivity contribution in [3.63, 3.8) is 0 Å². The predicted octanol–water partition coefficient (Wildman–Crippen LogP) is 3.57. The zero-order chi connectivity index (χ0) is 13.2. The minimum Gasteiger partial charge on any atom is -0.298 e. The molecule has 0 saturated carbocycles. The van der Waals surface area contributed by atoms with E-state index in [1.165, 1.54) is 51.0 Å². The van der Waals surface area contributed by atoms with Crippen LogP contribution in [0.25, 0.3) is 0 Å². The van der Waals surface area contributed by atoms with Gasteiger partial charge in [-0.25, -0.2) is 0 Å². The average molecular weight is 279 g/mol. The second-order valence-electron chi connectivity index (χ2n) is 5.91. The van der Waals surface area contributed by atoms with Gasteiger partial charge in [-0.05, 0) is 44.0 Å². The third kappa shape index (κ3) is 2.96. The summed E-state index contributed by atoms with van der Waals surface area (Å²) in [5.41, 5.74) is 1.34. The van der Waals surface area contributed by atoms with Gasteiger partial charge in [-0.1, -0.05) is 30.2 Å². The van der Waals surface area contributed by atoms with E-state index < -0.39 is 0 Å². The number of halogens is 1. The van der Waals surface area contributed by atoms with E-state index in [1.54, 1.807) is 0 Å². The first-order chi connectivity index (χ1) is 9.24. The molecule has 0 N–H and O–H groups in total. The summed E-state index contributed by atoms with van der Waals surface area (Å²) in [6.45, 7) is 7.25. The Hall–Kier alpha value is -0.570. The predicted molar refractivity (Wildman–Crippen MR) is 80.7 cm³/mol. The number of piperazine rings is 1. The molecule has 2 fully saturated rings. The Morgan fingerprint density at radius 1 is 1.21 bits per heavy atom.